The Hall–Kier alpha value is -0.430. The largest absolute Gasteiger partial charge is 0.441 e. The maximum atomic E-state index is 10.0. The predicted octanol–water partition coefficient (Wildman–Crippen LogP) is 0.410. The summed E-state index contributed by atoms with van der Waals surface area (Å²) in [5.74, 6) is 0. The van der Waals surface area contributed by atoms with Gasteiger partial charge in [0.1, 0.15) is 6.61 Å². The molecule has 0 radical (unpaired) electrons. The topological polar surface area (TPSA) is 38.7 Å². The van der Waals surface area contributed by atoms with Crippen molar-refractivity contribution in [2.24, 2.45) is 4.99 Å². The van der Waals surface area contributed by atoms with E-state index in [0.717, 1.165) is 0 Å². The van der Waals surface area contributed by atoms with Crippen molar-refractivity contribution >= 4 is 20.8 Å². The molecule has 1 aliphatic heterocycles. The Morgan fingerprint density at radius 2 is 2.57 bits per heavy atom. The molecule has 1 atom stereocenters. The number of nitrogens with zero attached hydrogens (tertiary/aromatic N) is 1. The molecule has 1 amide bonds. The van der Waals surface area contributed by atoms with Gasteiger partial charge < -0.3 is 4.74 Å². The maximum absolute atomic E-state index is 10.0. The maximum Gasteiger partial charge on any atom is 0.434 e. The molecule has 1 rings (SSSR count). The van der Waals surface area contributed by atoms with E-state index in [2.05, 4.69) is 19.0 Å². The summed E-state index contributed by atoms with van der Waals surface area (Å²) < 4.78 is 4.40. The van der Waals surface area contributed by atoms with Gasteiger partial charge in [0, 0.05) is 0 Å². The SMILES string of the molecule is O=C1N=C(P)CO1. The minimum absolute atomic E-state index is 0.337. The molecule has 0 saturated carbocycles. The van der Waals surface area contributed by atoms with Gasteiger partial charge in [0.05, 0.1) is 5.45 Å². The Labute approximate surface area is 43.0 Å². The van der Waals surface area contributed by atoms with Gasteiger partial charge in [0.15, 0.2) is 0 Å². The van der Waals surface area contributed by atoms with Crippen LogP contribution in [0.5, 0.6) is 0 Å². The Morgan fingerprint density at radius 1 is 1.86 bits per heavy atom. The lowest BCUT2D eigenvalue weighted by Crippen LogP contribution is -1.90. The highest BCUT2D eigenvalue weighted by Gasteiger charge is 2.08. The molecule has 0 saturated heterocycles. The average Bonchev–Trinajstić information content (AvgIpc) is 1.87. The van der Waals surface area contributed by atoms with Gasteiger partial charge in [-0.25, -0.2) is 4.79 Å². The van der Waals surface area contributed by atoms with Gasteiger partial charge in [0.2, 0.25) is 0 Å². The minimum Gasteiger partial charge on any atom is -0.441 e. The first-order valence-electron chi connectivity index (χ1n) is 1.79. The van der Waals surface area contributed by atoms with Crippen LogP contribution in [0.15, 0.2) is 4.99 Å². The minimum atomic E-state index is -0.481. The molecule has 1 unspecified atom stereocenters. The van der Waals surface area contributed by atoms with Gasteiger partial charge in [-0.05, 0) is 0 Å². The fourth-order valence-electron chi connectivity index (χ4n) is 0.317. The van der Waals surface area contributed by atoms with Gasteiger partial charge >= 0.3 is 6.09 Å². The van der Waals surface area contributed by atoms with Crippen LogP contribution in [-0.4, -0.2) is 18.2 Å². The highest BCUT2D eigenvalue weighted by atomic mass is 31.0. The molecule has 7 heavy (non-hydrogen) atoms. The summed E-state index contributed by atoms with van der Waals surface area (Å²) in [5, 5.41) is 0. The molecule has 0 aromatic carbocycles. The third-order valence-corrected chi connectivity index (χ3v) is 0.874. The highest BCUT2D eigenvalue weighted by molar-refractivity contribution is 7.41. The number of cyclic esters (lactones) is 1. The summed E-state index contributed by atoms with van der Waals surface area (Å²) in [4.78, 5) is 13.4. The Morgan fingerprint density at radius 3 is 2.71 bits per heavy atom. The van der Waals surface area contributed by atoms with Crippen LogP contribution >= 0.6 is 9.24 Å². The normalized spacial score (nSPS) is 19.0. The number of aliphatic imine (C=N–C) groups is 1. The number of hydrogen-bond donors (Lipinski definition) is 0. The Balaban J connectivity index is 2.67. The summed E-state index contributed by atoms with van der Waals surface area (Å²) >= 11 is 0. The van der Waals surface area contributed by atoms with Crippen LogP contribution in [0.25, 0.3) is 0 Å². The monoisotopic (exact) mass is 117 g/mol. The van der Waals surface area contributed by atoms with Crippen LogP contribution in [0.4, 0.5) is 4.79 Å². The van der Waals surface area contributed by atoms with E-state index in [1.54, 1.807) is 0 Å². The molecular formula is C3H4NO2P. The average molecular weight is 117 g/mol. The molecule has 1 aliphatic rings. The molecule has 3 nitrogen and oxygen atoms in total. The number of ether oxygens (including phenoxy) is 1. The molecule has 0 bridgehead atoms. The number of hydrogen-bond acceptors (Lipinski definition) is 2. The van der Waals surface area contributed by atoms with E-state index in [0.29, 0.717) is 12.1 Å². The molecule has 0 aromatic heterocycles. The van der Waals surface area contributed by atoms with E-state index in [-0.39, 0.29) is 0 Å². The Kier molecular flexibility index (Phi) is 1.07. The van der Waals surface area contributed by atoms with E-state index in [4.69, 9.17) is 0 Å². The van der Waals surface area contributed by atoms with Gasteiger partial charge in [-0.1, -0.05) is 9.24 Å². The summed E-state index contributed by atoms with van der Waals surface area (Å²) in [6.07, 6.45) is -0.481. The van der Waals surface area contributed by atoms with Crippen molar-refractivity contribution in [3.8, 4) is 0 Å². The summed E-state index contributed by atoms with van der Waals surface area (Å²) in [6.45, 7) is 0.337. The van der Waals surface area contributed by atoms with Crippen LogP contribution in [0.2, 0.25) is 0 Å². The van der Waals surface area contributed by atoms with Gasteiger partial charge in [-0.2, -0.15) is 4.99 Å². The van der Waals surface area contributed by atoms with Crippen LogP contribution in [0.1, 0.15) is 0 Å². The fourth-order valence-corrected chi connectivity index (χ4v) is 0.506. The second-order valence-corrected chi connectivity index (χ2v) is 1.82. The molecule has 0 spiro atoms. The van der Waals surface area contributed by atoms with E-state index >= 15 is 0 Å². The Bertz CT molecular complexity index is 131. The van der Waals surface area contributed by atoms with E-state index < -0.39 is 6.09 Å². The summed E-state index contributed by atoms with van der Waals surface area (Å²) in [7, 11) is 2.30. The van der Waals surface area contributed by atoms with E-state index in [1.165, 1.54) is 0 Å². The van der Waals surface area contributed by atoms with Gasteiger partial charge in [0.25, 0.3) is 0 Å². The zero-order valence-electron chi connectivity index (χ0n) is 3.55. The third-order valence-electron chi connectivity index (χ3n) is 0.578. The predicted molar refractivity (Wildman–Crippen MR) is 28.5 cm³/mol. The number of rotatable bonds is 0. The third kappa shape index (κ3) is 0.967. The molecule has 4 heteroatoms. The van der Waals surface area contributed by atoms with Crippen molar-refractivity contribution in [3.05, 3.63) is 0 Å². The van der Waals surface area contributed by atoms with Crippen molar-refractivity contribution in [2.75, 3.05) is 6.61 Å². The molecule has 38 valence electrons. The quantitative estimate of drug-likeness (QED) is 0.431. The lowest BCUT2D eigenvalue weighted by atomic mass is 10.8. The summed E-state index contributed by atoms with van der Waals surface area (Å²) in [5.41, 5.74) is 0.671. The number of carbonyl (C=O) groups excluding carboxylic acids is 1. The second-order valence-electron chi connectivity index (χ2n) is 1.16. The highest BCUT2D eigenvalue weighted by Crippen LogP contribution is 2.01. The summed E-state index contributed by atoms with van der Waals surface area (Å²) in [6, 6.07) is 0. The second kappa shape index (κ2) is 1.58. The number of amides is 1. The van der Waals surface area contributed by atoms with Gasteiger partial charge in [-0.15, -0.1) is 0 Å². The fraction of sp³-hybridized carbons (Fsp3) is 0.333. The molecule has 0 aliphatic carbocycles. The van der Waals surface area contributed by atoms with Crippen LogP contribution in [-0.2, 0) is 4.74 Å². The van der Waals surface area contributed by atoms with Crippen LogP contribution in [0, 0.1) is 0 Å². The van der Waals surface area contributed by atoms with Crippen LogP contribution < -0.4 is 0 Å². The number of carbonyl (C=O) groups is 1. The lowest BCUT2D eigenvalue weighted by Gasteiger charge is -1.81. The standard InChI is InChI=1S/C3H4NO2P/c5-3-4-2(7)1-6-3/h1,7H2. The molecule has 1 heterocycles. The molecule has 0 aromatic rings. The van der Waals surface area contributed by atoms with E-state index in [9.17, 15) is 4.79 Å². The molecule has 0 fully saturated rings. The van der Waals surface area contributed by atoms with Crippen molar-refractivity contribution < 1.29 is 9.53 Å². The van der Waals surface area contributed by atoms with Crippen molar-refractivity contribution in [1.29, 1.82) is 0 Å². The van der Waals surface area contributed by atoms with Crippen molar-refractivity contribution in [3.63, 3.8) is 0 Å². The van der Waals surface area contributed by atoms with Crippen molar-refractivity contribution in [1.82, 2.24) is 0 Å². The lowest BCUT2D eigenvalue weighted by molar-refractivity contribution is 0.181. The zero-order chi connectivity index (χ0) is 5.28. The van der Waals surface area contributed by atoms with E-state index in [1.807, 2.05) is 0 Å². The first kappa shape index (κ1) is 4.72. The van der Waals surface area contributed by atoms with Crippen LogP contribution in [0.3, 0.4) is 0 Å². The zero-order valence-corrected chi connectivity index (χ0v) is 4.70. The van der Waals surface area contributed by atoms with Gasteiger partial charge in [-0.3, -0.25) is 0 Å². The van der Waals surface area contributed by atoms with Crippen molar-refractivity contribution in [2.45, 2.75) is 0 Å². The molecule has 0 N–H and O–H groups in total. The first-order valence-corrected chi connectivity index (χ1v) is 2.36. The smallest absolute Gasteiger partial charge is 0.434 e. The molecular weight excluding hydrogens is 113 g/mol. The first-order chi connectivity index (χ1) is 3.29.